The Kier molecular flexibility index (Phi) is 3.79. The molecule has 0 bridgehead atoms. The van der Waals surface area contributed by atoms with Gasteiger partial charge >= 0.3 is 0 Å². The fourth-order valence-electron chi connectivity index (χ4n) is 1.25. The van der Waals surface area contributed by atoms with Crippen LogP contribution >= 0.6 is 0 Å². The monoisotopic (exact) mass is 160 g/mol. The van der Waals surface area contributed by atoms with Crippen LogP contribution in [0.2, 0.25) is 0 Å². The van der Waals surface area contributed by atoms with E-state index in [2.05, 4.69) is 10.2 Å². The molecule has 1 saturated heterocycles. The first-order valence-corrected chi connectivity index (χ1v) is 4.05. The van der Waals surface area contributed by atoms with E-state index in [1.807, 2.05) is 0 Å². The molecule has 0 aromatic rings. The second-order valence-corrected chi connectivity index (χ2v) is 2.89. The molecule has 4 nitrogen and oxygen atoms in total. The average Bonchev–Trinajstić information content (AvgIpc) is 2.06. The third kappa shape index (κ3) is 3.16. The number of hydrogen-bond donors (Lipinski definition) is 3. The van der Waals surface area contributed by atoms with Gasteiger partial charge in [-0.1, -0.05) is 0 Å². The summed E-state index contributed by atoms with van der Waals surface area (Å²) >= 11 is 0. The number of nitrogens with zero attached hydrogens (tertiary/aromatic N) is 1. The highest BCUT2D eigenvalue weighted by molar-refractivity contribution is 4.70. The molecule has 1 aliphatic rings. The van der Waals surface area contributed by atoms with E-state index in [-0.39, 0.29) is 6.61 Å². The second kappa shape index (κ2) is 4.66. The second-order valence-electron chi connectivity index (χ2n) is 2.89. The Morgan fingerprint density at radius 1 is 1.36 bits per heavy atom. The van der Waals surface area contributed by atoms with Gasteiger partial charge in [-0.3, -0.25) is 4.90 Å². The summed E-state index contributed by atoms with van der Waals surface area (Å²) < 4.78 is 0. The van der Waals surface area contributed by atoms with Crippen LogP contribution in [0.5, 0.6) is 0 Å². The standard InChI is InChI=1S/C7H16N2O2/c10-6-7(11)5-9-3-1-8-2-4-9/h7-8,10-11H,1-6H2. The predicted molar refractivity (Wildman–Crippen MR) is 42.4 cm³/mol. The van der Waals surface area contributed by atoms with Gasteiger partial charge in [-0.15, -0.1) is 0 Å². The zero-order chi connectivity index (χ0) is 8.10. The summed E-state index contributed by atoms with van der Waals surface area (Å²) in [6.07, 6.45) is -0.576. The van der Waals surface area contributed by atoms with Gasteiger partial charge in [0.05, 0.1) is 12.7 Å². The smallest absolute Gasteiger partial charge is 0.0897 e. The lowest BCUT2D eigenvalue weighted by molar-refractivity contribution is 0.0555. The van der Waals surface area contributed by atoms with Gasteiger partial charge in [0.15, 0.2) is 0 Å². The fraction of sp³-hybridized carbons (Fsp3) is 1.00. The molecule has 0 spiro atoms. The van der Waals surface area contributed by atoms with E-state index in [4.69, 9.17) is 10.2 Å². The van der Waals surface area contributed by atoms with Crippen molar-refractivity contribution in [1.29, 1.82) is 0 Å². The molecule has 1 unspecified atom stereocenters. The zero-order valence-electron chi connectivity index (χ0n) is 6.66. The zero-order valence-corrected chi connectivity index (χ0v) is 6.66. The van der Waals surface area contributed by atoms with E-state index in [0.717, 1.165) is 26.2 Å². The van der Waals surface area contributed by atoms with Crippen molar-refractivity contribution in [2.45, 2.75) is 6.10 Å². The molecule has 0 radical (unpaired) electrons. The number of piperazine rings is 1. The number of β-amino-alcohol motifs (C(OH)–C–C–N with tert-alkyl or cyclic N) is 1. The van der Waals surface area contributed by atoms with Gasteiger partial charge in [-0.05, 0) is 0 Å². The topological polar surface area (TPSA) is 55.7 Å². The summed E-state index contributed by atoms with van der Waals surface area (Å²) in [7, 11) is 0. The molecule has 1 aliphatic heterocycles. The van der Waals surface area contributed by atoms with Gasteiger partial charge in [0.2, 0.25) is 0 Å². The van der Waals surface area contributed by atoms with Crippen LogP contribution in [0.1, 0.15) is 0 Å². The van der Waals surface area contributed by atoms with Crippen LogP contribution < -0.4 is 5.32 Å². The Balaban J connectivity index is 2.13. The van der Waals surface area contributed by atoms with Crippen molar-refractivity contribution >= 4 is 0 Å². The van der Waals surface area contributed by atoms with Crippen LogP contribution in [-0.4, -0.2) is 60.5 Å². The SMILES string of the molecule is OCC(O)CN1CCNCC1. The Hall–Kier alpha value is -0.160. The van der Waals surface area contributed by atoms with E-state index in [0.29, 0.717) is 6.54 Å². The molecule has 1 atom stereocenters. The molecule has 4 heteroatoms. The molecule has 1 rings (SSSR count). The van der Waals surface area contributed by atoms with E-state index in [9.17, 15) is 0 Å². The number of hydrogen-bond acceptors (Lipinski definition) is 4. The van der Waals surface area contributed by atoms with Crippen molar-refractivity contribution < 1.29 is 10.2 Å². The predicted octanol–water partition coefficient (Wildman–Crippen LogP) is -1.76. The molecule has 3 N–H and O–H groups in total. The highest BCUT2D eigenvalue weighted by Crippen LogP contribution is 1.94. The third-order valence-corrected chi connectivity index (χ3v) is 1.89. The van der Waals surface area contributed by atoms with E-state index in [1.165, 1.54) is 0 Å². The molecule has 0 saturated carbocycles. The molecule has 0 aromatic carbocycles. The van der Waals surface area contributed by atoms with Crippen LogP contribution in [0.4, 0.5) is 0 Å². The number of nitrogens with one attached hydrogen (secondary N) is 1. The maximum absolute atomic E-state index is 9.10. The van der Waals surface area contributed by atoms with Crippen LogP contribution in [0, 0.1) is 0 Å². The van der Waals surface area contributed by atoms with Gasteiger partial charge in [0.1, 0.15) is 0 Å². The maximum Gasteiger partial charge on any atom is 0.0897 e. The number of aliphatic hydroxyl groups excluding tert-OH is 2. The Morgan fingerprint density at radius 3 is 2.55 bits per heavy atom. The minimum Gasteiger partial charge on any atom is -0.394 e. The van der Waals surface area contributed by atoms with Gasteiger partial charge < -0.3 is 15.5 Å². The minimum atomic E-state index is -0.576. The lowest BCUT2D eigenvalue weighted by atomic mass is 10.3. The van der Waals surface area contributed by atoms with Crippen LogP contribution in [0.3, 0.4) is 0 Å². The molecule has 1 fully saturated rings. The summed E-state index contributed by atoms with van der Waals surface area (Å²) in [6, 6.07) is 0. The van der Waals surface area contributed by atoms with Crippen molar-refractivity contribution in [3.05, 3.63) is 0 Å². The molecular weight excluding hydrogens is 144 g/mol. The largest absolute Gasteiger partial charge is 0.394 e. The molecule has 0 aliphatic carbocycles. The van der Waals surface area contributed by atoms with E-state index >= 15 is 0 Å². The minimum absolute atomic E-state index is 0.135. The van der Waals surface area contributed by atoms with Gasteiger partial charge in [0, 0.05) is 32.7 Å². The summed E-state index contributed by atoms with van der Waals surface area (Å²) in [5.41, 5.74) is 0. The van der Waals surface area contributed by atoms with Crippen molar-refractivity contribution in [2.75, 3.05) is 39.3 Å². The number of aliphatic hydroxyl groups is 2. The number of rotatable bonds is 3. The Labute approximate surface area is 66.8 Å². The van der Waals surface area contributed by atoms with Crippen molar-refractivity contribution in [3.8, 4) is 0 Å². The first kappa shape index (κ1) is 8.93. The van der Waals surface area contributed by atoms with Crippen LogP contribution in [0.25, 0.3) is 0 Å². The van der Waals surface area contributed by atoms with Gasteiger partial charge in [-0.25, -0.2) is 0 Å². The Morgan fingerprint density at radius 2 is 2.00 bits per heavy atom. The first-order chi connectivity index (χ1) is 5.33. The fourth-order valence-corrected chi connectivity index (χ4v) is 1.25. The highest BCUT2D eigenvalue weighted by Gasteiger charge is 2.12. The third-order valence-electron chi connectivity index (χ3n) is 1.89. The van der Waals surface area contributed by atoms with Crippen LogP contribution in [-0.2, 0) is 0 Å². The quantitative estimate of drug-likeness (QED) is 0.458. The maximum atomic E-state index is 9.10. The van der Waals surface area contributed by atoms with Crippen LogP contribution in [0.15, 0.2) is 0 Å². The summed E-state index contributed by atoms with van der Waals surface area (Å²) in [5, 5.41) is 20.9. The molecule has 66 valence electrons. The molecular formula is C7H16N2O2. The van der Waals surface area contributed by atoms with E-state index in [1.54, 1.807) is 0 Å². The molecule has 11 heavy (non-hydrogen) atoms. The Bertz CT molecular complexity index is 105. The van der Waals surface area contributed by atoms with Gasteiger partial charge in [-0.2, -0.15) is 0 Å². The highest BCUT2D eigenvalue weighted by atomic mass is 16.3. The normalized spacial score (nSPS) is 23.5. The van der Waals surface area contributed by atoms with Crippen molar-refractivity contribution in [2.24, 2.45) is 0 Å². The first-order valence-electron chi connectivity index (χ1n) is 4.05. The molecule has 1 heterocycles. The average molecular weight is 160 g/mol. The lowest BCUT2D eigenvalue weighted by Gasteiger charge is -2.28. The lowest BCUT2D eigenvalue weighted by Crippen LogP contribution is -2.46. The molecule has 0 aromatic heterocycles. The molecule has 0 amide bonds. The van der Waals surface area contributed by atoms with E-state index < -0.39 is 6.10 Å². The van der Waals surface area contributed by atoms with Crippen molar-refractivity contribution in [1.82, 2.24) is 10.2 Å². The van der Waals surface area contributed by atoms with Crippen molar-refractivity contribution in [3.63, 3.8) is 0 Å². The summed E-state index contributed by atoms with van der Waals surface area (Å²) in [4.78, 5) is 2.15. The summed E-state index contributed by atoms with van der Waals surface area (Å²) in [6.45, 7) is 4.37. The van der Waals surface area contributed by atoms with Gasteiger partial charge in [0.25, 0.3) is 0 Å². The summed E-state index contributed by atoms with van der Waals surface area (Å²) in [5.74, 6) is 0.